The lowest BCUT2D eigenvalue weighted by Crippen LogP contribution is -1.91. The van der Waals surface area contributed by atoms with E-state index in [0.29, 0.717) is 0 Å². The lowest BCUT2D eigenvalue weighted by molar-refractivity contribution is 1.37. The van der Waals surface area contributed by atoms with Gasteiger partial charge in [0.15, 0.2) is 0 Å². The third-order valence-electron chi connectivity index (χ3n) is 9.69. The molecule has 3 heterocycles. The number of pyridine rings is 3. The predicted octanol–water partition coefficient (Wildman–Crippen LogP) is 11.8. The Morgan fingerprint density at radius 3 is 1.85 bits per heavy atom. The molecule has 0 aliphatic rings. The van der Waals surface area contributed by atoms with Crippen molar-refractivity contribution in [1.29, 1.82) is 0 Å². The summed E-state index contributed by atoms with van der Waals surface area (Å²) in [5.74, 6) is 0. The molecule has 0 aliphatic heterocycles. The van der Waals surface area contributed by atoms with Gasteiger partial charge in [0.25, 0.3) is 0 Å². The second kappa shape index (κ2) is 10.5. The van der Waals surface area contributed by atoms with Crippen LogP contribution in [0.1, 0.15) is 0 Å². The predicted molar refractivity (Wildman–Crippen MR) is 201 cm³/mol. The number of benzene rings is 7. The number of fused-ring (bicyclic) bond motifs is 9. The Hall–Kier alpha value is -6.45. The van der Waals surface area contributed by atoms with Crippen LogP contribution >= 0.6 is 0 Å². The molecule has 3 nitrogen and oxygen atoms in total. The van der Waals surface area contributed by atoms with Gasteiger partial charge in [0.05, 0.1) is 22.2 Å². The zero-order valence-electron chi connectivity index (χ0n) is 25.9. The highest BCUT2D eigenvalue weighted by Gasteiger charge is 2.14. The summed E-state index contributed by atoms with van der Waals surface area (Å²) in [6, 6.07) is 54.3. The number of hydrogen-bond donors (Lipinski definition) is 0. The van der Waals surface area contributed by atoms with Gasteiger partial charge in [0, 0.05) is 44.9 Å². The lowest BCUT2D eigenvalue weighted by Gasteiger charge is -2.13. The maximum absolute atomic E-state index is 5.19. The molecule has 0 aliphatic carbocycles. The molecule has 10 rings (SSSR count). The Labute approximate surface area is 276 Å². The van der Waals surface area contributed by atoms with E-state index in [1.807, 2.05) is 24.5 Å². The van der Waals surface area contributed by atoms with Crippen molar-refractivity contribution < 1.29 is 0 Å². The van der Waals surface area contributed by atoms with E-state index in [0.717, 1.165) is 38.6 Å². The van der Waals surface area contributed by atoms with Gasteiger partial charge in [0.2, 0.25) is 0 Å². The fraction of sp³-hybridized carbons (Fsp3) is 0. The van der Waals surface area contributed by atoms with Gasteiger partial charge in [-0.05, 0) is 80.2 Å². The summed E-state index contributed by atoms with van der Waals surface area (Å²) >= 11 is 0. The summed E-state index contributed by atoms with van der Waals surface area (Å²) in [5, 5.41) is 10.7. The summed E-state index contributed by atoms with van der Waals surface area (Å²) in [5.41, 5.74) is 9.72. The van der Waals surface area contributed by atoms with Gasteiger partial charge >= 0.3 is 0 Å². The molecule has 3 heteroatoms. The largest absolute Gasteiger partial charge is 0.254 e. The van der Waals surface area contributed by atoms with E-state index in [2.05, 4.69) is 145 Å². The molecule has 222 valence electrons. The van der Waals surface area contributed by atoms with Crippen molar-refractivity contribution in [3.63, 3.8) is 0 Å². The fourth-order valence-electron chi connectivity index (χ4n) is 7.37. The van der Waals surface area contributed by atoms with Crippen molar-refractivity contribution in [3.8, 4) is 33.5 Å². The molecule has 0 saturated carbocycles. The Morgan fingerprint density at radius 2 is 0.979 bits per heavy atom. The summed E-state index contributed by atoms with van der Waals surface area (Å²) in [6.07, 6.45) is 3.68. The van der Waals surface area contributed by atoms with Crippen molar-refractivity contribution in [2.45, 2.75) is 0 Å². The number of para-hydroxylation sites is 1. The maximum atomic E-state index is 5.19. The number of hydrogen-bond acceptors (Lipinski definition) is 3. The van der Waals surface area contributed by atoms with Crippen LogP contribution in [0.2, 0.25) is 0 Å². The van der Waals surface area contributed by atoms with Gasteiger partial charge in [-0.3, -0.25) is 9.97 Å². The van der Waals surface area contributed by atoms with Crippen LogP contribution in [-0.4, -0.2) is 15.0 Å². The highest BCUT2D eigenvalue weighted by molar-refractivity contribution is 6.22. The molecule has 0 atom stereocenters. The van der Waals surface area contributed by atoms with Crippen LogP contribution in [0.5, 0.6) is 0 Å². The zero-order chi connectivity index (χ0) is 31.6. The standard InChI is InChI=1S/C45H27N3/c1-2-9-36-29(7-1)21-22-39-42(36)38-10-3-4-12-41(38)48-43(39)30-15-13-28(14-16-30)31-17-18-33-26-34(20-19-32(33)25-31)40-27-35-8-5-23-46-44(35)45-37(40)11-6-24-47-45/h1-27H. The molecule has 0 N–H and O–H groups in total. The minimum Gasteiger partial charge on any atom is -0.254 e. The monoisotopic (exact) mass is 609 g/mol. The summed E-state index contributed by atoms with van der Waals surface area (Å²) in [4.78, 5) is 14.5. The van der Waals surface area contributed by atoms with Crippen molar-refractivity contribution in [3.05, 3.63) is 164 Å². The van der Waals surface area contributed by atoms with E-state index in [9.17, 15) is 0 Å². The normalized spacial score (nSPS) is 11.8. The molecule has 7 aromatic carbocycles. The quantitative estimate of drug-likeness (QED) is 0.187. The molecule has 0 amide bonds. The van der Waals surface area contributed by atoms with Crippen molar-refractivity contribution in [2.24, 2.45) is 0 Å². The van der Waals surface area contributed by atoms with Crippen LogP contribution in [0.25, 0.3) is 98.5 Å². The molecule has 0 radical (unpaired) electrons. The Bertz CT molecular complexity index is 2870. The third-order valence-corrected chi connectivity index (χ3v) is 9.69. The minimum atomic E-state index is 0.935. The molecule has 10 aromatic rings. The Kier molecular flexibility index (Phi) is 5.87. The first kappa shape index (κ1) is 26.7. The van der Waals surface area contributed by atoms with E-state index < -0.39 is 0 Å². The highest BCUT2D eigenvalue weighted by atomic mass is 14.7. The Morgan fingerprint density at radius 1 is 0.354 bits per heavy atom. The number of rotatable bonds is 3. The maximum Gasteiger partial charge on any atom is 0.0970 e. The topological polar surface area (TPSA) is 38.7 Å². The molecular formula is C45H27N3. The first-order valence-electron chi connectivity index (χ1n) is 16.3. The van der Waals surface area contributed by atoms with Crippen LogP contribution in [0.3, 0.4) is 0 Å². The Balaban J connectivity index is 1.04. The third kappa shape index (κ3) is 4.18. The van der Waals surface area contributed by atoms with Crippen LogP contribution < -0.4 is 0 Å². The summed E-state index contributed by atoms with van der Waals surface area (Å²) in [7, 11) is 0. The zero-order valence-corrected chi connectivity index (χ0v) is 25.9. The summed E-state index contributed by atoms with van der Waals surface area (Å²) < 4.78 is 0. The summed E-state index contributed by atoms with van der Waals surface area (Å²) in [6.45, 7) is 0. The van der Waals surface area contributed by atoms with Crippen LogP contribution in [-0.2, 0) is 0 Å². The molecule has 0 bridgehead atoms. The lowest BCUT2D eigenvalue weighted by atomic mass is 9.93. The number of nitrogens with zero attached hydrogens (tertiary/aromatic N) is 3. The average Bonchev–Trinajstić information content (AvgIpc) is 3.16. The van der Waals surface area contributed by atoms with E-state index in [4.69, 9.17) is 9.97 Å². The van der Waals surface area contributed by atoms with Gasteiger partial charge in [0.1, 0.15) is 0 Å². The van der Waals surface area contributed by atoms with Gasteiger partial charge in [-0.25, -0.2) is 4.98 Å². The molecule has 0 spiro atoms. The first-order valence-corrected chi connectivity index (χ1v) is 16.3. The number of aromatic nitrogens is 3. The molecule has 0 unspecified atom stereocenters. The first-order chi connectivity index (χ1) is 23.8. The van der Waals surface area contributed by atoms with Crippen molar-refractivity contribution >= 4 is 65.0 Å². The van der Waals surface area contributed by atoms with Crippen molar-refractivity contribution in [2.75, 3.05) is 0 Å². The molecular weight excluding hydrogens is 583 g/mol. The van der Waals surface area contributed by atoms with Gasteiger partial charge < -0.3 is 0 Å². The van der Waals surface area contributed by atoms with E-state index in [1.54, 1.807) is 0 Å². The molecule has 0 saturated heterocycles. The minimum absolute atomic E-state index is 0.935. The van der Waals surface area contributed by atoms with E-state index in [1.165, 1.54) is 60.0 Å². The highest BCUT2D eigenvalue weighted by Crippen LogP contribution is 2.38. The van der Waals surface area contributed by atoms with Crippen LogP contribution in [0.4, 0.5) is 0 Å². The van der Waals surface area contributed by atoms with Gasteiger partial charge in [-0.15, -0.1) is 0 Å². The molecule has 0 fully saturated rings. The van der Waals surface area contributed by atoms with Crippen LogP contribution in [0.15, 0.2) is 164 Å². The smallest absolute Gasteiger partial charge is 0.0970 e. The second-order valence-electron chi connectivity index (χ2n) is 12.4. The fourth-order valence-corrected chi connectivity index (χ4v) is 7.37. The average molecular weight is 610 g/mol. The van der Waals surface area contributed by atoms with Gasteiger partial charge in [-0.1, -0.05) is 115 Å². The van der Waals surface area contributed by atoms with Crippen LogP contribution in [0, 0.1) is 0 Å². The SMILES string of the molecule is c1ccc2c(c1)ccc1c(-c3ccc(-c4ccc5cc(-c6cc7cccnc7c7ncccc67)ccc5c4)cc3)nc3ccccc3c12. The second-order valence-corrected chi connectivity index (χ2v) is 12.4. The molecule has 3 aromatic heterocycles. The van der Waals surface area contributed by atoms with Gasteiger partial charge in [-0.2, -0.15) is 0 Å². The van der Waals surface area contributed by atoms with E-state index in [-0.39, 0.29) is 0 Å². The van der Waals surface area contributed by atoms with Crippen molar-refractivity contribution in [1.82, 2.24) is 15.0 Å². The van der Waals surface area contributed by atoms with E-state index >= 15 is 0 Å². The molecule has 48 heavy (non-hydrogen) atoms.